The second kappa shape index (κ2) is 10.7. The summed E-state index contributed by atoms with van der Waals surface area (Å²) in [7, 11) is -3.55. The maximum absolute atomic E-state index is 12.6. The molecule has 1 aromatic rings. The van der Waals surface area contributed by atoms with Crippen LogP contribution in [0.3, 0.4) is 0 Å². The van der Waals surface area contributed by atoms with Gasteiger partial charge in [0.1, 0.15) is 0 Å². The first-order valence-corrected chi connectivity index (χ1v) is 11.7. The van der Waals surface area contributed by atoms with Gasteiger partial charge in [-0.1, -0.05) is 25.0 Å². The van der Waals surface area contributed by atoms with Crippen LogP contribution < -0.4 is 0 Å². The molecule has 0 aromatic heterocycles. The molecule has 1 amide bonds. The minimum Gasteiger partial charge on any atom is -0.452 e. The number of hydrogen-bond donors (Lipinski definition) is 0. The molecular formula is C21H28N2O6S. The summed E-state index contributed by atoms with van der Waals surface area (Å²) in [6, 6.07) is 6.27. The van der Waals surface area contributed by atoms with Gasteiger partial charge < -0.3 is 14.4 Å². The molecule has 8 nitrogen and oxygen atoms in total. The maximum atomic E-state index is 12.6. The lowest BCUT2D eigenvalue weighted by Crippen LogP contribution is -2.40. The average Bonchev–Trinajstić information content (AvgIpc) is 3.06. The molecule has 0 saturated carbocycles. The summed E-state index contributed by atoms with van der Waals surface area (Å²) in [5.41, 5.74) is 0.659. The Balaban J connectivity index is 1.50. The predicted octanol–water partition coefficient (Wildman–Crippen LogP) is 1.67. The highest BCUT2D eigenvalue weighted by Crippen LogP contribution is 2.18. The molecule has 0 unspecified atom stereocenters. The van der Waals surface area contributed by atoms with Crippen molar-refractivity contribution in [2.45, 2.75) is 30.6 Å². The molecule has 0 spiro atoms. The number of nitrogens with zero attached hydrogens (tertiary/aromatic N) is 2. The Morgan fingerprint density at radius 3 is 2.23 bits per heavy atom. The topological polar surface area (TPSA) is 93.2 Å². The number of morpholine rings is 1. The SMILES string of the molecule is O=C(C=Cc1ccc(S(=O)(=O)N2CCOCC2)cc1)OCC(=O)N1CCCCCC1. The van der Waals surface area contributed by atoms with Crippen LogP contribution in [0, 0.1) is 0 Å². The molecule has 2 fully saturated rings. The summed E-state index contributed by atoms with van der Waals surface area (Å²) in [5.74, 6) is -0.778. The molecule has 9 heteroatoms. The molecule has 0 N–H and O–H groups in total. The number of rotatable bonds is 6. The van der Waals surface area contributed by atoms with E-state index in [1.165, 1.54) is 28.6 Å². The van der Waals surface area contributed by atoms with Crippen molar-refractivity contribution in [2.75, 3.05) is 46.0 Å². The first-order valence-electron chi connectivity index (χ1n) is 10.3. The van der Waals surface area contributed by atoms with E-state index in [4.69, 9.17) is 9.47 Å². The second-order valence-electron chi connectivity index (χ2n) is 7.32. The van der Waals surface area contributed by atoms with Gasteiger partial charge in [0.05, 0.1) is 18.1 Å². The number of carbonyl (C=O) groups is 2. The Bertz CT molecular complexity index is 852. The smallest absolute Gasteiger partial charge is 0.331 e. The molecular weight excluding hydrogens is 408 g/mol. The predicted molar refractivity (Wildman–Crippen MR) is 111 cm³/mol. The number of benzene rings is 1. The summed E-state index contributed by atoms with van der Waals surface area (Å²) in [6.07, 6.45) is 6.98. The van der Waals surface area contributed by atoms with Crippen molar-refractivity contribution in [2.24, 2.45) is 0 Å². The maximum Gasteiger partial charge on any atom is 0.331 e. The van der Waals surface area contributed by atoms with Crippen LogP contribution in [-0.4, -0.2) is 75.5 Å². The van der Waals surface area contributed by atoms with E-state index >= 15 is 0 Å². The Morgan fingerprint density at radius 1 is 0.967 bits per heavy atom. The lowest BCUT2D eigenvalue weighted by atomic mass is 10.2. The van der Waals surface area contributed by atoms with E-state index in [0.717, 1.165) is 25.7 Å². The van der Waals surface area contributed by atoms with Gasteiger partial charge in [0.25, 0.3) is 5.91 Å². The molecule has 0 radical (unpaired) electrons. The highest BCUT2D eigenvalue weighted by atomic mass is 32.2. The fraction of sp³-hybridized carbons (Fsp3) is 0.524. The molecule has 2 aliphatic heterocycles. The van der Waals surface area contributed by atoms with Crippen LogP contribution >= 0.6 is 0 Å². The van der Waals surface area contributed by atoms with E-state index in [-0.39, 0.29) is 17.4 Å². The van der Waals surface area contributed by atoms with Gasteiger partial charge in [-0.25, -0.2) is 13.2 Å². The molecule has 0 atom stereocenters. The van der Waals surface area contributed by atoms with Crippen LogP contribution in [0.2, 0.25) is 0 Å². The molecule has 0 aliphatic carbocycles. The Hall–Kier alpha value is -2.23. The van der Waals surface area contributed by atoms with Gasteiger partial charge in [-0.05, 0) is 36.6 Å². The zero-order valence-electron chi connectivity index (χ0n) is 17.0. The minimum absolute atomic E-state index is 0.170. The Kier molecular flexibility index (Phi) is 8.01. The van der Waals surface area contributed by atoms with Crippen molar-refractivity contribution >= 4 is 28.0 Å². The summed E-state index contributed by atoms with van der Waals surface area (Å²) in [4.78, 5) is 26.0. The van der Waals surface area contributed by atoms with Crippen LogP contribution in [0.1, 0.15) is 31.2 Å². The Labute approximate surface area is 177 Å². The molecule has 3 rings (SSSR count). The van der Waals surface area contributed by atoms with Crippen molar-refractivity contribution < 1.29 is 27.5 Å². The largest absolute Gasteiger partial charge is 0.452 e. The summed E-state index contributed by atoms with van der Waals surface area (Å²) in [5, 5.41) is 0. The van der Waals surface area contributed by atoms with E-state index in [2.05, 4.69) is 0 Å². The standard InChI is InChI=1S/C21H28N2O6S/c24-20(22-11-3-1-2-4-12-22)17-29-21(25)10-7-18-5-8-19(9-6-18)30(26,27)23-13-15-28-16-14-23/h5-10H,1-4,11-17H2. The van der Waals surface area contributed by atoms with Crippen molar-refractivity contribution in [3.05, 3.63) is 35.9 Å². The van der Waals surface area contributed by atoms with Crippen LogP contribution in [0.4, 0.5) is 0 Å². The van der Waals surface area contributed by atoms with E-state index in [9.17, 15) is 18.0 Å². The molecule has 2 aliphatic rings. The lowest BCUT2D eigenvalue weighted by molar-refractivity contribution is -0.148. The number of likely N-dealkylation sites (tertiary alicyclic amines) is 1. The molecule has 164 valence electrons. The van der Waals surface area contributed by atoms with E-state index < -0.39 is 16.0 Å². The van der Waals surface area contributed by atoms with E-state index in [1.807, 2.05) is 0 Å². The Morgan fingerprint density at radius 2 is 1.60 bits per heavy atom. The third-order valence-corrected chi connectivity index (χ3v) is 7.11. The summed E-state index contributed by atoms with van der Waals surface area (Å²) >= 11 is 0. The monoisotopic (exact) mass is 436 g/mol. The average molecular weight is 437 g/mol. The summed E-state index contributed by atoms with van der Waals surface area (Å²) in [6.45, 7) is 2.63. The van der Waals surface area contributed by atoms with Gasteiger partial charge in [0.15, 0.2) is 6.61 Å². The number of sulfonamides is 1. The number of hydrogen-bond acceptors (Lipinski definition) is 6. The lowest BCUT2D eigenvalue weighted by Gasteiger charge is -2.26. The van der Waals surface area contributed by atoms with Crippen LogP contribution in [-0.2, 0) is 29.1 Å². The van der Waals surface area contributed by atoms with E-state index in [1.54, 1.807) is 17.0 Å². The molecule has 2 saturated heterocycles. The van der Waals surface area contributed by atoms with Gasteiger partial charge in [0, 0.05) is 32.3 Å². The highest BCUT2D eigenvalue weighted by molar-refractivity contribution is 7.89. The zero-order chi connectivity index (χ0) is 21.4. The number of amides is 1. The fourth-order valence-electron chi connectivity index (χ4n) is 3.44. The van der Waals surface area contributed by atoms with Crippen LogP contribution in [0.15, 0.2) is 35.2 Å². The minimum atomic E-state index is -3.55. The quantitative estimate of drug-likeness (QED) is 0.497. The third kappa shape index (κ3) is 6.13. The van der Waals surface area contributed by atoms with Crippen molar-refractivity contribution in [3.8, 4) is 0 Å². The molecule has 0 bridgehead atoms. The highest BCUT2D eigenvalue weighted by Gasteiger charge is 2.26. The fourth-order valence-corrected chi connectivity index (χ4v) is 4.85. The number of carbonyl (C=O) groups excluding carboxylic acids is 2. The van der Waals surface area contributed by atoms with Gasteiger partial charge in [-0.2, -0.15) is 4.31 Å². The first-order chi connectivity index (χ1) is 14.5. The van der Waals surface area contributed by atoms with Gasteiger partial charge in [0.2, 0.25) is 10.0 Å². The normalized spacial score (nSPS) is 18.9. The molecule has 2 heterocycles. The van der Waals surface area contributed by atoms with Gasteiger partial charge >= 0.3 is 5.97 Å². The first kappa shape index (κ1) is 22.5. The zero-order valence-corrected chi connectivity index (χ0v) is 17.8. The van der Waals surface area contributed by atoms with Gasteiger partial charge in [-0.15, -0.1) is 0 Å². The second-order valence-corrected chi connectivity index (χ2v) is 9.26. The van der Waals surface area contributed by atoms with Gasteiger partial charge in [-0.3, -0.25) is 4.79 Å². The molecule has 1 aromatic carbocycles. The van der Waals surface area contributed by atoms with Crippen molar-refractivity contribution in [1.29, 1.82) is 0 Å². The summed E-state index contributed by atoms with van der Waals surface area (Å²) < 4.78 is 36.9. The van der Waals surface area contributed by atoms with Crippen molar-refractivity contribution in [1.82, 2.24) is 9.21 Å². The van der Waals surface area contributed by atoms with Crippen molar-refractivity contribution in [3.63, 3.8) is 0 Å². The third-order valence-electron chi connectivity index (χ3n) is 5.20. The number of ether oxygens (including phenoxy) is 2. The molecule has 30 heavy (non-hydrogen) atoms. The van der Waals surface area contributed by atoms with Crippen LogP contribution in [0.5, 0.6) is 0 Å². The van der Waals surface area contributed by atoms with E-state index in [0.29, 0.717) is 45.0 Å². The van der Waals surface area contributed by atoms with Crippen LogP contribution in [0.25, 0.3) is 6.08 Å². The number of esters is 1.